The van der Waals surface area contributed by atoms with Crippen molar-refractivity contribution in [3.8, 4) is 17.4 Å². The van der Waals surface area contributed by atoms with Gasteiger partial charge in [-0.1, -0.05) is 30.3 Å². The number of anilines is 1. The lowest BCUT2D eigenvalue weighted by atomic mass is 10.2. The van der Waals surface area contributed by atoms with Gasteiger partial charge in [0.15, 0.2) is 11.5 Å². The molecule has 0 radical (unpaired) electrons. The molecule has 0 unspecified atom stereocenters. The minimum Gasteiger partial charge on any atom is -0.487 e. The number of nitrogens with zero attached hydrogens (tertiary/aromatic N) is 1. The van der Waals surface area contributed by atoms with Crippen LogP contribution >= 0.6 is 0 Å². The van der Waals surface area contributed by atoms with Gasteiger partial charge in [0.2, 0.25) is 5.88 Å². The van der Waals surface area contributed by atoms with Gasteiger partial charge in [0.05, 0.1) is 25.1 Å². The van der Waals surface area contributed by atoms with Gasteiger partial charge in [0, 0.05) is 17.8 Å². The third-order valence-electron chi connectivity index (χ3n) is 4.24. The first-order valence-corrected chi connectivity index (χ1v) is 10.3. The number of hydrogen-bond donors (Lipinski definition) is 2. The first-order chi connectivity index (χ1) is 16.0. The van der Waals surface area contributed by atoms with Gasteiger partial charge >= 0.3 is 5.97 Å². The molecule has 0 spiro atoms. The number of amides is 1. The van der Waals surface area contributed by atoms with E-state index in [0.717, 1.165) is 0 Å². The number of para-hydroxylation sites is 2. The van der Waals surface area contributed by atoms with E-state index >= 15 is 0 Å². The Hall–Kier alpha value is -4.33. The van der Waals surface area contributed by atoms with E-state index in [0.29, 0.717) is 28.6 Å². The van der Waals surface area contributed by atoms with E-state index in [4.69, 9.17) is 14.2 Å². The molecule has 2 aromatic carbocycles. The van der Waals surface area contributed by atoms with Crippen LogP contribution in [0.2, 0.25) is 0 Å². The maximum atomic E-state index is 12.4. The van der Waals surface area contributed by atoms with Crippen LogP contribution in [0.3, 0.4) is 0 Å². The lowest BCUT2D eigenvalue weighted by Gasteiger charge is -2.14. The summed E-state index contributed by atoms with van der Waals surface area (Å²) in [7, 11) is 1.24. The van der Waals surface area contributed by atoms with E-state index in [1.54, 1.807) is 48.5 Å². The van der Waals surface area contributed by atoms with Crippen LogP contribution in [0.5, 0.6) is 17.4 Å². The highest BCUT2D eigenvalue weighted by Crippen LogP contribution is 2.31. The Balaban J connectivity index is 1.68. The molecule has 0 aliphatic heterocycles. The van der Waals surface area contributed by atoms with Crippen LogP contribution in [0.25, 0.3) is 0 Å². The molecule has 2 N–H and O–H groups in total. The topological polar surface area (TPSA) is 98.8 Å². The summed E-state index contributed by atoms with van der Waals surface area (Å²) in [6, 6.07) is 19.3. The molecule has 0 atom stereocenters. The Morgan fingerprint density at radius 3 is 2.27 bits per heavy atom. The SMILES string of the molecule is COC(=O)/C(=C/Nc1ccc(Oc2ccccc2OC(C)C)nc1)NC(=O)c1ccccc1. The van der Waals surface area contributed by atoms with E-state index in [1.165, 1.54) is 19.5 Å². The molecule has 0 bridgehead atoms. The lowest BCUT2D eigenvalue weighted by molar-refractivity contribution is -0.136. The van der Waals surface area contributed by atoms with Crippen LogP contribution in [0.1, 0.15) is 24.2 Å². The Morgan fingerprint density at radius 1 is 0.939 bits per heavy atom. The number of aromatic nitrogens is 1. The third kappa shape index (κ3) is 6.83. The molecule has 1 aromatic heterocycles. The van der Waals surface area contributed by atoms with Crippen molar-refractivity contribution in [2.75, 3.05) is 12.4 Å². The third-order valence-corrected chi connectivity index (χ3v) is 4.24. The number of benzene rings is 2. The number of ether oxygens (including phenoxy) is 3. The maximum absolute atomic E-state index is 12.4. The van der Waals surface area contributed by atoms with E-state index in [1.807, 2.05) is 32.0 Å². The highest BCUT2D eigenvalue weighted by atomic mass is 16.5. The summed E-state index contributed by atoms with van der Waals surface area (Å²) >= 11 is 0. The number of pyridine rings is 1. The molecule has 3 rings (SSSR count). The predicted molar refractivity (Wildman–Crippen MR) is 124 cm³/mol. The van der Waals surface area contributed by atoms with Crippen LogP contribution in [0, 0.1) is 0 Å². The zero-order valence-corrected chi connectivity index (χ0v) is 18.6. The van der Waals surface area contributed by atoms with Crippen LogP contribution in [0.15, 0.2) is 84.8 Å². The molecule has 33 heavy (non-hydrogen) atoms. The lowest BCUT2D eigenvalue weighted by Crippen LogP contribution is -2.28. The molecule has 0 saturated carbocycles. The van der Waals surface area contributed by atoms with Crippen molar-refractivity contribution in [2.24, 2.45) is 0 Å². The van der Waals surface area contributed by atoms with Crippen molar-refractivity contribution >= 4 is 17.6 Å². The van der Waals surface area contributed by atoms with Gasteiger partial charge in [-0.05, 0) is 44.2 Å². The van der Waals surface area contributed by atoms with E-state index in [-0.39, 0.29) is 11.8 Å². The number of rotatable bonds is 9. The van der Waals surface area contributed by atoms with Gasteiger partial charge < -0.3 is 24.8 Å². The average Bonchev–Trinajstić information content (AvgIpc) is 2.83. The zero-order valence-electron chi connectivity index (χ0n) is 18.6. The first-order valence-electron chi connectivity index (χ1n) is 10.3. The van der Waals surface area contributed by atoms with Crippen LogP contribution < -0.4 is 20.1 Å². The second-order valence-corrected chi connectivity index (χ2v) is 7.11. The summed E-state index contributed by atoms with van der Waals surface area (Å²) < 4.78 is 16.3. The van der Waals surface area contributed by atoms with Crippen molar-refractivity contribution in [2.45, 2.75) is 20.0 Å². The molecule has 1 amide bonds. The molecule has 0 aliphatic carbocycles. The molecular weight excluding hydrogens is 422 g/mol. The number of esters is 1. The second kappa shape index (κ2) is 11.3. The minimum atomic E-state index is -0.693. The average molecular weight is 447 g/mol. The Morgan fingerprint density at radius 2 is 1.64 bits per heavy atom. The van der Waals surface area contributed by atoms with Crippen LogP contribution in [-0.4, -0.2) is 30.1 Å². The fourth-order valence-electron chi connectivity index (χ4n) is 2.72. The molecule has 8 nitrogen and oxygen atoms in total. The van der Waals surface area contributed by atoms with Gasteiger partial charge in [-0.25, -0.2) is 9.78 Å². The van der Waals surface area contributed by atoms with Crippen molar-refractivity contribution < 1.29 is 23.8 Å². The second-order valence-electron chi connectivity index (χ2n) is 7.11. The number of carbonyl (C=O) groups excluding carboxylic acids is 2. The standard InChI is InChI=1S/C25H25N3O5/c1-17(2)32-21-11-7-8-12-22(21)33-23-14-13-19(15-27-23)26-16-20(25(30)31-3)28-24(29)18-9-5-4-6-10-18/h4-17,26H,1-3H3,(H,28,29)/b20-16-. The number of methoxy groups -OCH3 is 1. The summed E-state index contributed by atoms with van der Waals surface area (Å²) in [4.78, 5) is 28.7. The molecule has 170 valence electrons. The van der Waals surface area contributed by atoms with E-state index in [2.05, 4.69) is 15.6 Å². The largest absolute Gasteiger partial charge is 0.487 e. The van der Waals surface area contributed by atoms with Crippen LogP contribution in [-0.2, 0) is 9.53 Å². The Labute approximate surface area is 192 Å². The molecule has 0 saturated heterocycles. The summed E-state index contributed by atoms with van der Waals surface area (Å²) in [5.41, 5.74) is 0.938. The molecule has 8 heteroatoms. The first kappa shape index (κ1) is 23.3. The smallest absolute Gasteiger partial charge is 0.356 e. The molecule has 0 fully saturated rings. The minimum absolute atomic E-state index is 0.00691. The number of hydrogen-bond acceptors (Lipinski definition) is 7. The van der Waals surface area contributed by atoms with Gasteiger partial charge in [-0.3, -0.25) is 4.79 Å². The summed E-state index contributed by atoms with van der Waals surface area (Å²) in [5, 5.41) is 5.47. The highest BCUT2D eigenvalue weighted by Gasteiger charge is 2.15. The zero-order chi connectivity index (χ0) is 23.6. The van der Waals surface area contributed by atoms with Crippen molar-refractivity contribution in [3.05, 3.63) is 90.4 Å². The quantitative estimate of drug-likeness (QED) is 0.368. The van der Waals surface area contributed by atoms with Crippen molar-refractivity contribution in [1.82, 2.24) is 10.3 Å². The fourth-order valence-corrected chi connectivity index (χ4v) is 2.72. The fraction of sp³-hybridized carbons (Fsp3) is 0.160. The summed E-state index contributed by atoms with van der Waals surface area (Å²) in [6.45, 7) is 3.88. The highest BCUT2D eigenvalue weighted by molar-refractivity contribution is 6.01. The Bertz CT molecular complexity index is 1110. The van der Waals surface area contributed by atoms with Gasteiger partial charge in [0.25, 0.3) is 5.91 Å². The summed E-state index contributed by atoms with van der Waals surface area (Å²) in [5.74, 6) is 0.418. The van der Waals surface area contributed by atoms with Crippen LogP contribution in [0.4, 0.5) is 5.69 Å². The normalized spacial score (nSPS) is 11.0. The van der Waals surface area contributed by atoms with E-state index < -0.39 is 11.9 Å². The van der Waals surface area contributed by atoms with E-state index in [9.17, 15) is 9.59 Å². The van der Waals surface area contributed by atoms with Crippen molar-refractivity contribution in [1.29, 1.82) is 0 Å². The molecule has 1 heterocycles. The monoisotopic (exact) mass is 447 g/mol. The van der Waals surface area contributed by atoms with Crippen molar-refractivity contribution in [3.63, 3.8) is 0 Å². The molecule has 0 aliphatic rings. The van der Waals surface area contributed by atoms with Gasteiger partial charge in [-0.2, -0.15) is 0 Å². The predicted octanol–water partition coefficient (Wildman–Crippen LogP) is 4.52. The van der Waals surface area contributed by atoms with Gasteiger partial charge in [0.1, 0.15) is 5.70 Å². The number of nitrogens with one attached hydrogen (secondary N) is 2. The molecule has 3 aromatic rings. The Kier molecular flexibility index (Phi) is 8.02. The molecular formula is C25H25N3O5. The number of carbonyl (C=O) groups is 2. The maximum Gasteiger partial charge on any atom is 0.356 e. The summed E-state index contributed by atoms with van der Waals surface area (Å²) in [6.07, 6.45) is 2.88. The van der Waals surface area contributed by atoms with Gasteiger partial charge in [-0.15, -0.1) is 0 Å².